The Morgan fingerprint density at radius 3 is 1.09 bits per heavy atom. The SMILES string of the molecule is C=C(C)C(=O)OC.C=C(C)C(=O)OC.C=CC(=O)OCCCC.C=CC(=O)OCCCC. The molecular formula is C24H40O8. The zero-order valence-electron chi connectivity index (χ0n) is 20.5. The summed E-state index contributed by atoms with van der Waals surface area (Å²) in [7, 11) is 2.66. The maximum absolute atomic E-state index is 10.3. The molecule has 0 unspecified atom stereocenters. The van der Waals surface area contributed by atoms with Crippen LogP contribution in [-0.2, 0) is 38.1 Å². The van der Waals surface area contributed by atoms with Crippen LogP contribution < -0.4 is 0 Å². The lowest BCUT2D eigenvalue weighted by atomic mass is 10.4. The van der Waals surface area contributed by atoms with Crippen molar-refractivity contribution in [1.29, 1.82) is 0 Å². The zero-order chi connectivity index (χ0) is 25.9. The molecule has 0 heterocycles. The molecular weight excluding hydrogens is 416 g/mol. The molecule has 8 heteroatoms. The van der Waals surface area contributed by atoms with Gasteiger partial charge in [0.2, 0.25) is 0 Å². The third kappa shape index (κ3) is 34.4. The number of hydrogen-bond acceptors (Lipinski definition) is 8. The van der Waals surface area contributed by atoms with Crippen molar-refractivity contribution in [3.63, 3.8) is 0 Å². The summed E-state index contributed by atoms with van der Waals surface area (Å²) in [4.78, 5) is 41.1. The van der Waals surface area contributed by atoms with Crippen molar-refractivity contribution >= 4 is 23.9 Å². The van der Waals surface area contributed by atoms with Gasteiger partial charge in [-0.25, -0.2) is 19.2 Å². The Morgan fingerprint density at radius 2 is 0.969 bits per heavy atom. The molecule has 0 aliphatic rings. The van der Waals surface area contributed by atoms with Gasteiger partial charge in [-0.1, -0.05) is 53.0 Å². The van der Waals surface area contributed by atoms with Gasteiger partial charge in [-0.05, 0) is 26.7 Å². The Hall–Kier alpha value is -3.16. The van der Waals surface area contributed by atoms with Crippen molar-refractivity contribution < 1.29 is 38.1 Å². The first-order chi connectivity index (χ1) is 15.0. The van der Waals surface area contributed by atoms with Crippen LogP contribution in [0, 0.1) is 0 Å². The molecule has 32 heavy (non-hydrogen) atoms. The van der Waals surface area contributed by atoms with Crippen LogP contribution in [0.4, 0.5) is 0 Å². The average molecular weight is 457 g/mol. The van der Waals surface area contributed by atoms with Gasteiger partial charge in [-0.15, -0.1) is 0 Å². The lowest BCUT2D eigenvalue weighted by molar-refractivity contribution is -0.138. The lowest BCUT2D eigenvalue weighted by Gasteiger charge is -1.97. The fourth-order valence-electron chi connectivity index (χ4n) is 1.10. The molecule has 0 aromatic heterocycles. The van der Waals surface area contributed by atoms with Gasteiger partial charge in [0.1, 0.15) is 0 Å². The first-order valence-electron chi connectivity index (χ1n) is 10.0. The molecule has 0 radical (unpaired) electrons. The fraction of sp³-hybridized carbons (Fsp3) is 0.500. The standard InChI is InChI=1S/2C7H12O2.2C5H8O2/c2*1-3-5-6-9-7(8)4-2;2*1-4(2)5(6)7-3/h2*4H,2-3,5-6H2,1H3;2*1H2,2-3H3. The van der Waals surface area contributed by atoms with E-state index < -0.39 is 0 Å². The van der Waals surface area contributed by atoms with Crippen LogP contribution in [0.2, 0.25) is 0 Å². The van der Waals surface area contributed by atoms with E-state index >= 15 is 0 Å². The minimum absolute atomic E-state index is 0.330. The van der Waals surface area contributed by atoms with E-state index in [9.17, 15) is 19.2 Å². The van der Waals surface area contributed by atoms with E-state index in [0.29, 0.717) is 24.4 Å². The summed E-state index contributed by atoms with van der Waals surface area (Å²) < 4.78 is 17.9. The fourth-order valence-corrected chi connectivity index (χ4v) is 1.10. The molecule has 0 saturated carbocycles. The van der Waals surface area contributed by atoms with Gasteiger partial charge in [0.25, 0.3) is 0 Å². The van der Waals surface area contributed by atoms with Crippen molar-refractivity contribution in [1.82, 2.24) is 0 Å². The summed E-state index contributed by atoms with van der Waals surface area (Å²) in [6.45, 7) is 21.6. The number of carbonyl (C=O) groups is 4. The highest BCUT2D eigenvalue weighted by molar-refractivity contribution is 5.87. The third-order valence-corrected chi connectivity index (χ3v) is 2.89. The van der Waals surface area contributed by atoms with E-state index in [2.05, 4.69) is 45.3 Å². The molecule has 0 aromatic rings. The normalized spacial score (nSPS) is 8.19. The monoisotopic (exact) mass is 456 g/mol. The minimum atomic E-state index is -0.347. The summed E-state index contributed by atoms with van der Waals surface area (Å²) in [5.74, 6) is -1.35. The molecule has 0 rings (SSSR count). The maximum Gasteiger partial charge on any atom is 0.332 e. The quantitative estimate of drug-likeness (QED) is 0.205. The number of methoxy groups -OCH3 is 2. The van der Waals surface area contributed by atoms with Crippen LogP contribution in [0.25, 0.3) is 0 Å². The number of rotatable bonds is 10. The summed E-state index contributed by atoms with van der Waals surface area (Å²) in [6, 6.07) is 0. The topological polar surface area (TPSA) is 105 Å². The van der Waals surface area contributed by atoms with E-state index in [1.165, 1.54) is 26.4 Å². The maximum atomic E-state index is 10.3. The van der Waals surface area contributed by atoms with Crippen molar-refractivity contribution in [3.8, 4) is 0 Å². The largest absolute Gasteiger partial charge is 0.466 e. The van der Waals surface area contributed by atoms with Crippen molar-refractivity contribution in [3.05, 3.63) is 49.6 Å². The summed E-state index contributed by atoms with van der Waals surface area (Å²) in [5, 5.41) is 0. The molecule has 0 aromatic carbocycles. The van der Waals surface area contributed by atoms with Gasteiger partial charge in [0.05, 0.1) is 27.4 Å². The van der Waals surface area contributed by atoms with Crippen LogP contribution >= 0.6 is 0 Å². The molecule has 0 saturated heterocycles. The third-order valence-electron chi connectivity index (χ3n) is 2.89. The van der Waals surface area contributed by atoms with Gasteiger partial charge >= 0.3 is 23.9 Å². The summed E-state index contributed by atoms with van der Waals surface area (Å²) in [6.07, 6.45) is 6.30. The van der Waals surface area contributed by atoms with Gasteiger partial charge in [0.15, 0.2) is 0 Å². The Labute approximate surface area is 192 Å². The summed E-state index contributed by atoms with van der Waals surface area (Å²) >= 11 is 0. The molecule has 0 amide bonds. The molecule has 0 bridgehead atoms. The van der Waals surface area contributed by atoms with Crippen molar-refractivity contribution in [2.75, 3.05) is 27.4 Å². The molecule has 0 spiro atoms. The van der Waals surface area contributed by atoms with Gasteiger partial charge in [-0.2, -0.15) is 0 Å². The van der Waals surface area contributed by atoms with Gasteiger partial charge in [-0.3, -0.25) is 0 Å². The van der Waals surface area contributed by atoms with Crippen LogP contribution in [0.15, 0.2) is 49.6 Å². The Balaban J connectivity index is -0.000000165. The van der Waals surface area contributed by atoms with Gasteiger partial charge in [0, 0.05) is 23.3 Å². The minimum Gasteiger partial charge on any atom is -0.466 e. The van der Waals surface area contributed by atoms with E-state index in [0.717, 1.165) is 25.7 Å². The predicted octanol–water partition coefficient (Wildman–Crippen LogP) is 4.50. The molecule has 0 N–H and O–H groups in total. The smallest absolute Gasteiger partial charge is 0.332 e. The van der Waals surface area contributed by atoms with Crippen molar-refractivity contribution in [2.24, 2.45) is 0 Å². The van der Waals surface area contributed by atoms with E-state index in [-0.39, 0.29) is 23.9 Å². The van der Waals surface area contributed by atoms with Crippen LogP contribution in [0.5, 0.6) is 0 Å². The second kappa shape index (κ2) is 27.8. The molecule has 8 nitrogen and oxygen atoms in total. The van der Waals surface area contributed by atoms with E-state index in [1.54, 1.807) is 13.8 Å². The Bertz CT molecular complexity index is 539. The first kappa shape index (κ1) is 36.2. The lowest BCUT2D eigenvalue weighted by Crippen LogP contribution is -2.00. The highest BCUT2D eigenvalue weighted by Crippen LogP contribution is 1.89. The van der Waals surface area contributed by atoms with Crippen LogP contribution in [-0.4, -0.2) is 51.3 Å². The second-order valence-corrected chi connectivity index (χ2v) is 5.99. The zero-order valence-corrected chi connectivity index (χ0v) is 20.5. The highest BCUT2D eigenvalue weighted by atomic mass is 16.5. The molecule has 0 aliphatic heterocycles. The number of ether oxygens (including phenoxy) is 4. The van der Waals surface area contributed by atoms with Crippen molar-refractivity contribution in [2.45, 2.75) is 53.4 Å². The molecule has 0 atom stereocenters. The Morgan fingerprint density at radius 1 is 0.688 bits per heavy atom. The Kier molecular flexibility index (Phi) is 31.5. The highest BCUT2D eigenvalue weighted by Gasteiger charge is 1.96. The van der Waals surface area contributed by atoms with E-state index in [4.69, 9.17) is 0 Å². The number of esters is 4. The molecule has 0 fully saturated rings. The average Bonchev–Trinajstić information content (AvgIpc) is 2.78. The second-order valence-electron chi connectivity index (χ2n) is 5.99. The van der Waals surface area contributed by atoms with E-state index in [1.807, 2.05) is 13.8 Å². The molecule has 184 valence electrons. The van der Waals surface area contributed by atoms with Crippen LogP contribution in [0.3, 0.4) is 0 Å². The first-order valence-corrected chi connectivity index (χ1v) is 10.0. The van der Waals surface area contributed by atoms with Gasteiger partial charge < -0.3 is 18.9 Å². The summed E-state index contributed by atoms with van der Waals surface area (Å²) in [5.41, 5.74) is 0.866. The molecule has 0 aliphatic carbocycles. The number of unbranched alkanes of at least 4 members (excludes halogenated alkanes) is 2. The van der Waals surface area contributed by atoms with Crippen LogP contribution in [0.1, 0.15) is 53.4 Å². The number of carbonyl (C=O) groups excluding carboxylic acids is 4. The number of hydrogen-bond donors (Lipinski definition) is 0. The predicted molar refractivity (Wildman–Crippen MR) is 126 cm³/mol.